The second kappa shape index (κ2) is 8.37. The Bertz CT molecular complexity index is 1070. The number of rotatable bonds is 2. The van der Waals surface area contributed by atoms with E-state index in [9.17, 15) is 14.4 Å². The van der Waals surface area contributed by atoms with Crippen molar-refractivity contribution in [1.29, 1.82) is 0 Å². The smallest absolute Gasteiger partial charge is 0.264 e. The lowest BCUT2D eigenvalue weighted by molar-refractivity contribution is -0.135. The first kappa shape index (κ1) is 20.7. The predicted octanol–water partition coefficient (Wildman–Crippen LogP) is 2.97. The fraction of sp³-hybridized carbons (Fsp3) is 0.652. The summed E-state index contributed by atoms with van der Waals surface area (Å²) in [6.07, 6.45) is 7.65. The predicted molar refractivity (Wildman–Crippen MR) is 121 cm³/mol. The summed E-state index contributed by atoms with van der Waals surface area (Å²) < 4.78 is 1.82. The third kappa shape index (κ3) is 3.69. The maximum Gasteiger partial charge on any atom is 0.264 e. The Kier molecular flexibility index (Phi) is 5.58. The molecule has 7 nitrogen and oxygen atoms in total. The zero-order valence-electron chi connectivity index (χ0n) is 18.2. The highest BCUT2D eigenvalue weighted by atomic mass is 32.1. The number of thiophene rings is 1. The third-order valence-corrected chi connectivity index (χ3v) is 8.33. The average molecular weight is 443 g/mol. The monoisotopic (exact) mass is 442 g/mol. The number of piperidine rings is 1. The van der Waals surface area contributed by atoms with Crippen molar-refractivity contribution < 1.29 is 9.59 Å². The van der Waals surface area contributed by atoms with Gasteiger partial charge in [-0.2, -0.15) is 0 Å². The van der Waals surface area contributed by atoms with Gasteiger partial charge in [0.2, 0.25) is 5.91 Å². The van der Waals surface area contributed by atoms with E-state index in [0.29, 0.717) is 34.7 Å². The van der Waals surface area contributed by atoms with Gasteiger partial charge in [-0.25, -0.2) is 4.98 Å². The first-order valence-electron chi connectivity index (χ1n) is 11.7. The second-order valence-corrected chi connectivity index (χ2v) is 10.1. The highest BCUT2D eigenvalue weighted by molar-refractivity contribution is 7.20. The van der Waals surface area contributed by atoms with Gasteiger partial charge in [-0.15, -0.1) is 11.3 Å². The summed E-state index contributed by atoms with van der Waals surface area (Å²) in [5.41, 5.74) is 0.766. The SMILES string of the molecule is Cc1c(C(=O)N2CCC(C(=O)N3CCCC3)CC2)sc2nc3n(c(=O)c12)CCCCC3. The van der Waals surface area contributed by atoms with E-state index < -0.39 is 0 Å². The molecule has 0 spiro atoms. The lowest BCUT2D eigenvalue weighted by Gasteiger charge is -2.33. The van der Waals surface area contributed by atoms with Crippen molar-refractivity contribution in [2.75, 3.05) is 26.2 Å². The number of likely N-dealkylation sites (tertiary alicyclic amines) is 2. The maximum absolute atomic E-state index is 13.3. The standard InChI is InChI=1S/C23H30N4O3S/c1-15-18-20(24-17-7-3-2-4-12-27(17)22(18)29)31-19(15)23(30)26-13-8-16(9-14-26)21(28)25-10-5-6-11-25/h16H,2-14H2,1H3. The van der Waals surface area contributed by atoms with Crippen LogP contribution in [0.1, 0.15) is 66.0 Å². The number of carbonyl (C=O) groups is 2. The maximum atomic E-state index is 13.3. The van der Waals surface area contributed by atoms with Crippen LogP contribution >= 0.6 is 11.3 Å². The van der Waals surface area contributed by atoms with Crippen LogP contribution in [0.3, 0.4) is 0 Å². The van der Waals surface area contributed by atoms with Gasteiger partial charge in [0.1, 0.15) is 10.7 Å². The van der Waals surface area contributed by atoms with Gasteiger partial charge in [0.05, 0.1) is 10.3 Å². The van der Waals surface area contributed by atoms with Crippen molar-refractivity contribution >= 4 is 33.4 Å². The molecule has 0 unspecified atom stereocenters. The third-order valence-electron chi connectivity index (χ3n) is 7.15. The van der Waals surface area contributed by atoms with Crippen LogP contribution in [0.15, 0.2) is 4.79 Å². The van der Waals surface area contributed by atoms with Gasteiger partial charge >= 0.3 is 0 Å². The van der Waals surface area contributed by atoms with Gasteiger partial charge in [0.25, 0.3) is 11.5 Å². The normalized spacial score (nSPS) is 20.2. The van der Waals surface area contributed by atoms with E-state index in [1.54, 1.807) is 0 Å². The van der Waals surface area contributed by atoms with Gasteiger partial charge in [-0.05, 0) is 51.0 Å². The number of amides is 2. The van der Waals surface area contributed by atoms with Crippen molar-refractivity contribution in [2.45, 2.75) is 64.8 Å². The Balaban J connectivity index is 1.36. The van der Waals surface area contributed by atoms with E-state index in [4.69, 9.17) is 4.98 Å². The van der Waals surface area contributed by atoms with Crippen molar-refractivity contribution in [3.05, 3.63) is 26.6 Å². The molecule has 0 saturated carbocycles. The van der Waals surface area contributed by atoms with Gasteiger partial charge in [0.15, 0.2) is 0 Å². The molecular formula is C23H30N4O3S. The van der Waals surface area contributed by atoms with Gasteiger partial charge < -0.3 is 9.80 Å². The molecule has 2 aromatic rings. The van der Waals surface area contributed by atoms with Crippen molar-refractivity contribution in [2.24, 2.45) is 5.92 Å². The molecule has 0 aliphatic carbocycles. The largest absolute Gasteiger partial charge is 0.342 e. The quantitative estimate of drug-likeness (QED) is 0.717. The van der Waals surface area contributed by atoms with E-state index >= 15 is 0 Å². The van der Waals surface area contributed by atoms with Crippen LogP contribution in [0.4, 0.5) is 0 Å². The van der Waals surface area contributed by atoms with Crippen LogP contribution in [-0.4, -0.2) is 57.3 Å². The molecule has 166 valence electrons. The molecule has 3 aliphatic heterocycles. The summed E-state index contributed by atoms with van der Waals surface area (Å²) >= 11 is 1.36. The number of hydrogen-bond acceptors (Lipinski definition) is 5. The molecule has 2 aromatic heterocycles. The highest BCUT2D eigenvalue weighted by Crippen LogP contribution is 2.31. The Labute approximate surface area is 186 Å². The zero-order chi connectivity index (χ0) is 21.5. The van der Waals surface area contributed by atoms with Crippen LogP contribution in [-0.2, 0) is 17.8 Å². The van der Waals surface area contributed by atoms with Crippen molar-refractivity contribution in [1.82, 2.24) is 19.4 Å². The molecule has 3 aliphatic rings. The molecule has 5 rings (SSSR count). The first-order chi connectivity index (χ1) is 15.0. The summed E-state index contributed by atoms with van der Waals surface area (Å²) in [6.45, 7) is 5.55. The summed E-state index contributed by atoms with van der Waals surface area (Å²) in [7, 11) is 0. The molecule has 8 heteroatoms. The average Bonchev–Trinajstić information content (AvgIpc) is 3.36. The van der Waals surface area contributed by atoms with Gasteiger partial charge in [0, 0.05) is 45.1 Å². The number of carbonyl (C=O) groups excluding carboxylic acids is 2. The molecule has 5 heterocycles. The first-order valence-corrected chi connectivity index (χ1v) is 12.5. The molecule has 31 heavy (non-hydrogen) atoms. The summed E-state index contributed by atoms with van der Waals surface area (Å²) in [5, 5.41) is 0.609. The molecule has 0 N–H and O–H groups in total. The highest BCUT2D eigenvalue weighted by Gasteiger charge is 2.33. The van der Waals surface area contributed by atoms with Crippen LogP contribution in [0.2, 0.25) is 0 Å². The molecule has 0 atom stereocenters. The topological polar surface area (TPSA) is 75.5 Å². The molecule has 0 aromatic carbocycles. The van der Waals surface area contributed by atoms with E-state index in [0.717, 1.165) is 75.8 Å². The minimum absolute atomic E-state index is 0.00428. The van der Waals surface area contributed by atoms with Crippen LogP contribution in [0.25, 0.3) is 10.2 Å². The molecule has 0 radical (unpaired) electrons. The lowest BCUT2D eigenvalue weighted by Crippen LogP contribution is -2.43. The Hall–Kier alpha value is -2.22. The molecular weight excluding hydrogens is 412 g/mol. The lowest BCUT2D eigenvalue weighted by atomic mass is 9.95. The van der Waals surface area contributed by atoms with Crippen molar-refractivity contribution in [3.63, 3.8) is 0 Å². The van der Waals surface area contributed by atoms with E-state index in [1.807, 2.05) is 21.3 Å². The molecule has 0 bridgehead atoms. The fourth-order valence-corrected chi connectivity index (χ4v) is 6.44. The van der Waals surface area contributed by atoms with Crippen LogP contribution in [0.5, 0.6) is 0 Å². The summed E-state index contributed by atoms with van der Waals surface area (Å²) in [6, 6.07) is 0. The fourth-order valence-electron chi connectivity index (χ4n) is 5.28. The molecule has 2 saturated heterocycles. The van der Waals surface area contributed by atoms with Gasteiger partial charge in [-0.3, -0.25) is 19.0 Å². The number of nitrogens with zero attached hydrogens (tertiary/aromatic N) is 4. The van der Waals surface area contributed by atoms with Crippen LogP contribution < -0.4 is 5.56 Å². The van der Waals surface area contributed by atoms with E-state index in [1.165, 1.54) is 11.3 Å². The second-order valence-electron chi connectivity index (χ2n) is 9.13. The summed E-state index contributed by atoms with van der Waals surface area (Å²) in [4.78, 5) is 49.1. The molecule has 2 amide bonds. The number of hydrogen-bond donors (Lipinski definition) is 0. The summed E-state index contributed by atoms with van der Waals surface area (Å²) in [5.74, 6) is 1.14. The minimum Gasteiger partial charge on any atom is -0.342 e. The van der Waals surface area contributed by atoms with E-state index in [-0.39, 0.29) is 23.3 Å². The number of aromatic nitrogens is 2. The number of aryl methyl sites for hydroxylation is 2. The Morgan fingerprint density at radius 1 is 0.935 bits per heavy atom. The van der Waals surface area contributed by atoms with Crippen molar-refractivity contribution in [3.8, 4) is 0 Å². The minimum atomic E-state index is -0.0211. The van der Waals surface area contributed by atoms with Crippen LogP contribution in [0, 0.1) is 12.8 Å². The van der Waals surface area contributed by atoms with Gasteiger partial charge in [-0.1, -0.05) is 6.42 Å². The number of fused-ring (bicyclic) bond motifs is 2. The molecule has 2 fully saturated rings. The Morgan fingerprint density at radius 2 is 1.65 bits per heavy atom. The Morgan fingerprint density at radius 3 is 2.39 bits per heavy atom. The van der Waals surface area contributed by atoms with E-state index in [2.05, 4.69) is 0 Å². The zero-order valence-corrected chi connectivity index (χ0v) is 19.0.